The molecule has 4 aromatic rings. The van der Waals surface area contributed by atoms with Crippen LogP contribution in [0, 0.1) is 0 Å². The van der Waals surface area contributed by atoms with Crippen LogP contribution >= 0.6 is 0 Å². The molecule has 1 aliphatic rings. The summed E-state index contributed by atoms with van der Waals surface area (Å²) in [6, 6.07) is 17.5. The molecule has 31 heavy (non-hydrogen) atoms. The van der Waals surface area contributed by atoms with E-state index in [1.54, 1.807) is 12.5 Å². The Kier molecular flexibility index (Phi) is 5.18. The van der Waals surface area contributed by atoms with Crippen LogP contribution in [0.15, 0.2) is 79.5 Å². The van der Waals surface area contributed by atoms with Crippen molar-refractivity contribution in [2.75, 3.05) is 13.1 Å². The highest BCUT2D eigenvalue weighted by molar-refractivity contribution is 5.94. The summed E-state index contributed by atoms with van der Waals surface area (Å²) >= 11 is 0. The van der Waals surface area contributed by atoms with E-state index in [4.69, 9.17) is 4.74 Å². The van der Waals surface area contributed by atoms with Crippen LogP contribution in [0.2, 0.25) is 0 Å². The first-order valence-corrected chi connectivity index (χ1v) is 10.2. The number of nitrogens with zero attached hydrogens (tertiary/aromatic N) is 6. The molecule has 0 N–H and O–H groups in total. The minimum atomic E-state index is 0.0400. The third-order valence-electron chi connectivity index (χ3n) is 5.34. The number of ether oxygens (including phenoxy) is 1. The summed E-state index contributed by atoms with van der Waals surface area (Å²) in [6.45, 7) is 2.35. The Balaban J connectivity index is 1.13. The van der Waals surface area contributed by atoms with E-state index in [9.17, 15) is 4.79 Å². The van der Waals surface area contributed by atoms with Crippen molar-refractivity contribution in [2.45, 2.75) is 19.2 Å². The predicted octanol–water partition coefficient (Wildman–Crippen LogP) is 2.80. The second-order valence-electron chi connectivity index (χ2n) is 7.59. The summed E-state index contributed by atoms with van der Waals surface area (Å²) in [5, 5.41) is 8.39. The Bertz CT molecular complexity index is 1130. The summed E-state index contributed by atoms with van der Waals surface area (Å²) in [5.41, 5.74) is 2.59. The second-order valence-corrected chi connectivity index (χ2v) is 7.59. The van der Waals surface area contributed by atoms with Crippen LogP contribution < -0.4 is 4.74 Å². The first-order chi connectivity index (χ1) is 15.2. The van der Waals surface area contributed by atoms with Crippen molar-refractivity contribution in [1.82, 2.24) is 29.4 Å². The number of hydrogen-bond acceptors (Lipinski definition) is 5. The van der Waals surface area contributed by atoms with Gasteiger partial charge in [0.25, 0.3) is 5.91 Å². The van der Waals surface area contributed by atoms with Crippen molar-refractivity contribution < 1.29 is 9.53 Å². The highest BCUT2D eigenvalue weighted by Crippen LogP contribution is 2.23. The average molecular weight is 414 g/mol. The molecule has 0 unspecified atom stereocenters. The molecule has 3 heterocycles. The van der Waals surface area contributed by atoms with E-state index in [-0.39, 0.29) is 11.9 Å². The lowest BCUT2D eigenvalue weighted by atomic mass is 10.1. The quantitative estimate of drug-likeness (QED) is 0.465. The number of para-hydroxylation sites is 1. The zero-order valence-electron chi connectivity index (χ0n) is 16.9. The summed E-state index contributed by atoms with van der Waals surface area (Å²) in [6.07, 6.45) is 7.35. The van der Waals surface area contributed by atoms with E-state index in [0.717, 1.165) is 23.6 Å². The van der Waals surface area contributed by atoms with E-state index in [1.807, 2.05) is 81.1 Å². The molecule has 0 saturated carbocycles. The monoisotopic (exact) mass is 414 g/mol. The number of carbonyl (C=O) groups is 1. The number of amides is 1. The van der Waals surface area contributed by atoms with Gasteiger partial charge in [-0.25, -0.2) is 9.67 Å². The largest absolute Gasteiger partial charge is 0.487 e. The smallest absolute Gasteiger partial charge is 0.253 e. The van der Waals surface area contributed by atoms with Crippen molar-refractivity contribution in [2.24, 2.45) is 0 Å². The molecule has 0 bridgehead atoms. The molecule has 8 heteroatoms. The van der Waals surface area contributed by atoms with Gasteiger partial charge in [-0.3, -0.25) is 4.79 Å². The standard InChI is InChI=1S/C23H22N6O2/c30-23(19-8-6-18(7-9-19)12-27-11-10-24-17-27)28-14-21(15-28)29-13-20(25-26-29)16-31-22-4-2-1-3-5-22/h1-11,13,17,21H,12,14-16H2. The fourth-order valence-corrected chi connectivity index (χ4v) is 3.55. The van der Waals surface area contributed by atoms with Crippen molar-refractivity contribution in [1.29, 1.82) is 0 Å². The Hall–Kier alpha value is -3.94. The number of hydrogen-bond donors (Lipinski definition) is 0. The molecule has 1 fully saturated rings. The molecule has 0 radical (unpaired) electrons. The molecule has 8 nitrogen and oxygen atoms in total. The molecular weight excluding hydrogens is 392 g/mol. The first kappa shape index (κ1) is 19.0. The molecule has 0 spiro atoms. The molecular formula is C23H22N6O2. The number of likely N-dealkylation sites (tertiary alicyclic amines) is 1. The summed E-state index contributed by atoms with van der Waals surface area (Å²) < 4.78 is 9.53. The van der Waals surface area contributed by atoms with Gasteiger partial charge in [0.15, 0.2) is 0 Å². The van der Waals surface area contributed by atoms with E-state index >= 15 is 0 Å². The van der Waals surface area contributed by atoms with Gasteiger partial charge in [0, 0.05) is 37.6 Å². The van der Waals surface area contributed by atoms with Crippen molar-refractivity contribution in [3.05, 3.63) is 96.3 Å². The number of carbonyl (C=O) groups excluding carboxylic acids is 1. The molecule has 2 aromatic carbocycles. The predicted molar refractivity (Wildman–Crippen MR) is 114 cm³/mol. The lowest BCUT2D eigenvalue weighted by molar-refractivity contribution is 0.0498. The maximum Gasteiger partial charge on any atom is 0.253 e. The maximum atomic E-state index is 12.7. The van der Waals surface area contributed by atoms with Crippen molar-refractivity contribution in [3.8, 4) is 5.75 Å². The Labute approximate surface area is 179 Å². The summed E-state index contributed by atoms with van der Waals surface area (Å²) in [5.74, 6) is 0.840. The molecule has 156 valence electrons. The highest BCUT2D eigenvalue weighted by Gasteiger charge is 2.33. The fraction of sp³-hybridized carbons (Fsp3) is 0.217. The van der Waals surface area contributed by atoms with E-state index in [2.05, 4.69) is 15.3 Å². The van der Waals surface area contributed by atoms with Crippen LogP contribution in [-0.2, 0) is 13.2 Å². The lowest BCUT2D eigenvalue weighted by Crippen LogP contribution is -2.50. The van der Waals surface area contributed by atoms with Crippen molar-refractivity contribution in [3.63, 3.8) is 0 Å². The third-order valence-corrected chi connectivity index (χ3v) is 5.34. The maximum absolute atomic E-state index is 12.7. The van der Waals surface area contributed by atoms with Gasteiger partial charge in [0.05, 0.1) is 18.6 Å². The highest BCUT2D eigenvalue weighted by atomic mass is 16.5. The van der Waals surface area contributed by atoms with Crippen LogP contribution in [0.25, 0.3) is 0 Å². The zero-order chi connectivity index (χ0) is 21.0. The average Bonchev–Trinajstić information content (AvgIpc) is 3.45. The molecule has 1 aliphatic heterocycles. The van der Waals surface area contributed by atoms with Gasteiger partial charge in [-0.2, -0.15) is 0 Å². The van der Waals surface area contributed by atoms with Gasteiger partial charge in [0.1, 0.15) is 18.1 Å². The Morgan fingerprint density at radius 2 is 1.87 bits per heavy atom. The number of aromatic nitrogens is 5. The minimum absolute atomic E-state index is 0.0400. The van der Waals surface area contributed by atoms with E-state index < -0.39 is 0 Å². The lowest BCUT2D eigenvalue weighted by Gasteiger charge is -2.38. The second kappa shape index (κ2) is 8.43. The minimum Gasteiger partial charge on any atom is -0.487 e. The van der Waals surface area contributed by atoms with Crippen molar-refractivity contribution >= 4 is 5.91 Å². The Morgan fingerprint density at radius 3 is 2.61 bits per heavy atom. The number of benzene rings is 2. The van der Waals surface area contributed by atoms with Gasteiger partial charge >= 0.3 is 0 Å². The Morgan fingerprint density at radius 1 is 1.06 bits per heavy atom. The van der Waals surface area contributed by atoms with Crippen LogP contribution in [0.4, 0.5) is 0 Å². The van der Waals surface area contributed by atoms with E-state index in [0.29, 0.717) is 25.3 Å². The SMILES string of the molecule is O=C(c1ccc(Cn2ccnc2)cc1)N1CC(n2cc(COc3ccccc3)nn2)C1. The zero-order valence-corrected chi connectivity index (χ0v) is 16.9. The van der Waals surface area contributed by atoms with Crippen LogP contribution in [0.1, 0.15) is 27.7 Å². The molecule has 2 aromatic heterocycles. The third kappa shape index (κ3) is 4.32. The van der Waals surface area contributed by atoms with Crippen LogP contribution in [0.3, 0.4) is 0 Å². The van der Waals surface area contributed by atoms with Gasteiger partial charge in [0.2, 0.25) is 0 Å². The first-order valence-electron chi connectivity index (χ1n) is 10.2. The number of imidazole rings is 1. The van der Waals surface area contributed by atoms with Gasteiger partial charge < -0.3 is 14.2 Å². The molecule has 5 rings (SSSR count). The van der Waals surface area contributed by atoms with Crippen LogP contribution in [0.5, 0.6) is 5.75 Å². The van der Waals surface area contributed by atoms with Gasteiger partial charge in [-0.05, 0) is 29.8 Å². The van der Waals surface area contributed by atoms with Crippen LogP contribution in [-0.4, -0.2) is 48.4 Å². The summed E-state index contributed by atoms with van der Waals surface area (Å²) in [4.78, 5) is 18.6. The van der Waals surface area contributed by atoms with Gasteiger partial charge in [-0.15, -0.1) is 5.10 Å². The van der Waals surface area contributed by atoms with Gasteiger partial charge in [-0.1, -0.05) is 35.5 Å². The number of rotatable bonds is 7. The molecule has 1 amide bonds. The normalized spacial score (nSPS) is 13.7. The summed E-state index contributed by atoms with van der Waals surface area (Å²) in [7, 11) is 0. The molecule has 0 aliphatic carbocycles. The molecule has 1 saturated heterocycles. The fourth-order valence-electron chi connectivity index (χ4n) is 3.55. The molecule has 0 atom stereocenters. The topological polar surface area (TPSA) is 78.1 Å². The van der Waals surface area contributed by atoms with E-state index in [1.165, 1.54) is 0 Å².